The van der Waals surface area contributed by atoms with E-state index in [4.69, 9.17) is 4.42 Å². The Labute approximate surface area is 159 Å². The number of hydrogen-bond donors (Lipinski definition) is 0. The highest BCUT2D eigenvalue weighted by atomic mass is 19.4. The quantitative estimate of drug-likeness (QED) is 0.624. The Hall–Kier alpha value is -2.84. The predicted molar refractivity (Wildman–Crippen MR) is 97.8 cm³/mol. The van der Waals surface area contributed by atoms with E-state index in [0.717, 1.165) is 4.90 Å². The number of nitrogens with zero attached hydrogens (tertiary/aromatic N) is 4. The molecule has 3 aromatic rings. The molecule has 0 atom stereocenters. The van der Waals surface area contributed by atoms with E-state index >= 15 is 0 Å². The molecule has 0 saturated heterocycles. The van der Waals surface area contributed by atoms with E-state index in [-0.39, 0.29) is 12.1 Å². The van der Waals surface area contributed by atoms with Crippen LogP contribution in [0.15, 0.2) is 28.9 Å². The van der Waals surface area contributed by atoms with Gasteiger partial charge in [-0.2, -0.15) is 18.3 Å². The van der Waals surface area contributed by atoms with Crippen LogP contribution in [0.4, 0.5) is 13.2 Å². The van der Waals surface area contributed by atoms with Gasteiger partial charge in [-0.05, 0) is 31.5 Å². The van der Waals surface area contributed by atoms with Gasteiger partial charge in [-0.1, -0.05) is 13.3 Å². The lowest BCUT2D eigenvalue weighted by Crippen LogP contribution is -2.39. The maximum atomic E-state index is 13.2. The summed E-state index contributed by atoms with van der Waals surface area (Å²) in [7, 11) is 1.67. The molecule has 1 amide bonds. The molecular weight excluding hydrogens is 373 g/mol. The number of furan rings is 1. The molecule has 28 heavy (non-hydrogen) atoms. The van der Waals surface area contributed by atoms with Crippen LogP contribution in [0.1, 0.15) is 35.8 Å². The third-order valence-electron chi connectivity index (χ3n) is 4.41. The molecule has 0 aliphatic rings. The van der Waals surface area contributed by atoms with Gasteiger partial charge in [0.2, 0.25) is 0 Å². The van der Waals surface area contributed by atoms with E-state index in [1.54, 1.807) is 26.1 Å². The van der Waals surface area contributed by atoms with E-state index in [1.165, 1.54) is 17.0 Å². The minimum absolute atomic E-state index is 0.0219. The lowest BCUT2D eigenvalue weighted by Gasteiger charge is -2.24. The molecule has 0 saturated carbocycles. The normalized spacial score (nSPS) is 11.9. The largest absolute Gasteiger partial charge is 0.463 e. The molecule has 0 fully saturated rings. The Morgan fingerprint density at radius 2 is 2.11 bits per heavy atom. The van der Waals surface area contributed by atoms with Crippen molar-refractivity contribution in [3.63, 3.8) is 0 Å². The van der Waals surface area contributed by atoms with Gasteiger partial charge < -0.3 is 9.32 Å². The fraction of sp³-hybridized carbons (Fsp3) is 0.421. The summed E-state index contributed by atoms with van der Waals surface area (Å²) in [4.78, 5) is 18.5. The molecule has 0 unspecified atom stereocenters. The van der Waals surface area contributed by atoms with Crippen LogP contribution in [0, 0.1) is 6.92 Å². The second kappa shape index (κ2) is 7.65. The number of carbonyl (C=O) groups is 1. The number of amides is 1. The summed E-state index contributed by atoms with van der Waals surface area (Å²) in [6.45, 7) is 2.29. The smallest absolute Gasteiger partial charge is 0.406 e. The van der Waals surface area contributed by atoms with E-state index in [1.807, 2.05) is 6.92 Å². The van der Waals surface area contributed by atoms with Crippen LogP contribution in [0.3, 0.4) is 0 Å². The van der Waals surface area contributed by atoms with Crippen molar-refractivity contribution in [3.05, 3.63) is 35.7 Å². The van der Waals surface area contributed by atoms with Gasteiger partial charge >= 0.3 is 6.18 Å². The van der Waals surface area contributed by atoms with Crippen molar-refractivity contribution in [2.45, 2.75) is 32.9 Å². The average molecular weight is 394 g/mol. The highest BCUT2D eigenvalue weighted by Gasteiger charge is 2.34. The molecule has 0 aliphatic carbocycles. The standard InChI is InChI=1S/C19H21F3N4O2/c1-4-5-8-26(11-19(20,21)22)18(27)13-10-14(15-7-6-9-28-15)23-17-16(13)12(2)24-25(17)3/h6-7,9-10H,4-5,8,11H2,1-3H3. The molecule has 3 aromatic heterocycles. The molecule has 3 rings (SSSR count). The van der Waals surface area contributed by atoms with E-state index in [9.17, 15) is 18.0 Å². The zero-order valence-electron chi connectivity index (χ0n) is 15.9. The summed E-state index contributed by atoms with van der Waals surface area (Å²) in [5, 5.41) is 4.73. The molecule has 0 N–H and O–H groups in total. The Kier molecular flexibility index (Phi) is 5.44. The van der Waals surface area contributed by atoms with Gasteiger partial charge in [0.15, 0.2) is 11.4 Å². The van der Waals surface area contributed by atoms with Crippen molar-refractivity contribution >= 4 is 16.9 Å². The molecule has 0 bridgehead atoms. The van der Waals surface area contributed by atoms with Gasteiger partial charge in [0.05, 0.1) is 22.9 Å². The summed E-state index contributed by atoms with van der Waals surface area (Å²) in [5.41, 5.74) is 1.45. The van der Waals surface area contributed by atoms with Gasteiger partial charge in [0, 0.05) is 13.6 Å². The monoisotopic (exact) mass is 394 g/mol. The predicted octanol–water partition coefficient (Wildman–Crippen LogP) is 4.34. The lowest BCUT2D eigenvalue weighted by atomic mass is 10.1. The van der Waals surface area contributed by atoms with Crippen molar-refractivity contribution < 1.29 is 22.4 Å². The molecule has 0 spiro atoms. The first kappa shape index (κ1) is 19.9. The van der Waals surface area contributed by atoms with Crippen molar-refractivity contribution in [1.82, 2.24) is 19.7 Å². The maximum Gasteiger partial charge on any atom is 0.406 e. The summed E-state index contributed by atoms with van der Waals surface area (Å²) in [6.07, 6.45) is -1.86. The van der Waals surface area contributed by atoms with Gasteiger partial charge in [-0.25, -0.2) is 4.98 Å². The number of unbranched alkanes of at least 4 members (excludes halogenated alkanes) is 1. The van der Waals surface area contributed by atoms with Crippen LogP contribution in [-0.4, -0.2) is 44.8 Å². The number of halogens is 3. The van der Waals surface area contributed by atoms with Crippen LogP contribution in [-0.2, 0) is 7.05 Å². The Bertz CT molecular complexity index is 977. The Morgan fingerprint density at radius 3 is 2.71 bits per heavy atom. The molecule has 0 aliphatic heterocycles. The Morgan fingerprint density at radius 1 is 1.36 bits per heavy atom. The molecule has 9 heteroatoms. The maximum absolute atomic E-state index is 13.2. The van der Waals surface area contributed by atoms with E-state index < -0.39 is 18.6 Å². The SMILES string of the molecule is CCCCN(CC(F)(F)F)C(=O)c1cc(-c2ccco2)nc2c1c(C)nn2C. The van der Waals surface area contributed by atoms with Crippen LogP contribution >= 0.6 is 0 Å². The third kappa shape index (κ3) is 4.02. The first-order valence-electron chi connectivity index (χ1n) is 8.95. The van der Waals surface area contributed by atoms with Crippen LogP contribution in [0.5, 0.6) is 0 Å². The van der Waals surface area contributed by atoms with Gasteiger partial charge in [-0.15, -0.1) is 0 Å². The topological polar surface area (TPSA) is 64.2 Å². The molecule has 150 valence electrons. The summed E-state index contributed by atoms with van der Waals surface area (Å²) in [5.74, 6) is -0.271. The first-order valence-corrected chi connectivity index (χ1v) is 8.95. The van der Waals surface area contributed by atoms with Gasteiger partial charge in [0.25, 0.3) is 5.91 Å². The number of pyridine rings is 1. The molecule has 3 heterocycles. The number of aromatic nitrogens is 3. The van der Waals surface area contributed by atoms with Crippen LogP contribution < -0.4 is 0 Å². The van der Waals surface area contributed by atoms with Crippen LogP contribution in [0.25, 0.3) is 22.5 Å². The average Bonchev–Trinajstić information content (AvgIpc) is 3.25. The van der Waals surface area contributed by atoms with Crippen LogP contribution in [0.2, 0.25) is 0 Å². The number of hydrogen-bond acceptors (Lipinski definition) is 4. The minimum atomic E-state index is -4.48. The van der Waals surface area contributed by atoms with Gasteiger partial charge in [0.1, 0.15) is 12.2 Å². The number of rotatable bonds is 6. The lowest BCUT2D eigenvalue weighted by molar-refractivity contribution is -0.140. The molecule has 0 aromatic carbocycles. The van der Waals surface area contributed by atoms with E-state index in [2.05, 4.69) is 10.1 Å². The minimum Gasteiger partial charge on any atom is -0.463 e. The number of carbonyl (C=O) groups excluding carboxylic acids is 1. The fourth-order valence-electron chi connectivity index (χ4n) is 3.15. The summed E-state index contributed by atoms with van der Waals surface area (Å²) < 4.78 is 46.1. The van der Waals surface area contributed by atoms with Crippen molar-refractivity contribution in [3.8, 4) is 11.5 Å². The number of fused-ring (bicyclic) bond motifs is 1. The van der Waals surface area contributed by atoms with Gasteiger partial charge in [-0.3, -0.25) is 9.48 Å². The van der Waals surface area contributed by atoms with Crippen molar-refractivity contribution in [2.75, 3.05) is 13.1 Å². The summed E-state index contributed by atoms with van der Waals surface area (Å²) in [6, 6.07) is 4.83. The highest BCUT2D eigenvalue weighted by Crippen LogP contribution is 2.29. The fourth-order valence-corrected chi connectivity index (χ4v) is 3.15. The van der Waals surface area contributed by atoms with Crippen molar-refractivity contribution in [2.24, 2.45) is 7.05 Å². The zero-order valence-corrected chi connectivity index (χ0v) is 15.9. The molecule has 0 radical (unpaired) electrons. The second-order valence-corrected chi connectivity index (χ2v) is 6.64. The Balaban J connectivity index is 2.14. The third-order valence-corrected chi connectivity index (χ3v) is 4.41. The number of aryl methyl sites for hydroxylation is 2. The van der Waals surface area contributed by atoms with Crippen molar-refractivity contribution in [1.29, 1.82) is 0 Å². The van der Waals surface area contributed by atoms with E-state index in [0.29, 0.717) is 41.0 Å². The highest BCUT2D eigenvalue weighted by molar-refractivity contribution is 6.07. The second-order valence-electron chi connectivity index (χ2n) is 6.64. The first-order chi connectivity index (χ1) is 13.2. The number of alkyl halides is 3. The summed E-state index contributed by atoms with van der Waals surface area (Å²) >= 11 is 0. The molecular formula is C19H21F3N4O2. The zero-order chi connectivity index (χ0) is 20.5. The molecule has 6 nitrogen and oxygen atoms in total.